The van der Waals surface area contributed by atoms with Crippen LogP contribution in [0.15, 0.2) is 22.1 Å². The van der Waals surface area contributed by atoms with Crippen molar-refractivity contribution in [3.8, 4) is 0 Å². The Balaban J connectivity index is 2.36. The van der Waals surface area contributed by atoms with Crippen molar-refractivity contribution in [2.24, 2.45) is 4.99 Å². The lowest BCUT2D eigenvalue weighted by Crippen LogP contribution is -2.14. The second-order valence-electron chi connectivity index (χ2n) is 3.69. The molecule has 0 bridgehead atoms. The fourth-order valence-electron chi connectivity index (χ4n) is 1.70. The van der Waals surface area contributed by atoms with Crippen LogP contribution in [0.1, 0.15) is 30.4 Å². The van der Waals surface area contributed by atoms with E-state index in [1.807, 2.05) is 13.0 Å². The molecule has 0 aliphatic carbocycles. The van der Waals surface area contributed by atoms with Gasteiger partial charge in [-0.15, -0.1) is 0 Å². The van der Waals surface area contributed by atoms with Gasteiger partial charge in [-0.2, -0.15) is 0 Å². The number of H-pyrrole nitrogens is 1. The largest absolute Gasteiger partial charge is 0.328 e. The molecular weight excluding hydrogens is 176 g/mol. The van der Waals surface area contributed by atoms with Crippen LogP contribution in [0, 0.1) is 6.92 Å². The summed E-state index contributed by atoms with van der Waals surface area (Å²) in [4.78, 5) is 18.4. The number of pyridine rings is 1. The molecule has 0 spiro atoms. The predicted octanol–water partition coefficient (Wildman–Crippen LogP) is 1.66. The second kappa shape index (κ2) is 3.78. The Kier molecular flexibility index (Phi) is 2.48. The molecule has 2 heterocycles. The van der Waals surface area contributed by atoms with E-state index in [-0.39, 0.29) is 5.56 Å². The van der Waals surface area contributed by atoms with E-state index < -0.39 is 0 Å². The molecule has 1 aliphatic rings. The summed E-state index contributed by atoms with van der Waals surface area (Å²) in [6, 6.07) is 1.92. The number of aryl methyl sites for hydroxylation is 1. The number of nitrogens with one attached hydrogen (secondary N) is 1. The van der Waals surface area contributed by atoms with Gasteiger partial charge in [-0.05, 0) is 32.3 Å². The van der Waals surface area contributed by atoms with Gasteiger partial charge in [0.25, 0.3) is 5.56 Å². The molecule has 74 valence electrons. The van der Waals surface area contributed by atoms with Gasteiger partial charge >= 0.3 is 0 Å². The van der Waals surface area contributed by atoms with E-state index in [9.17, 15) is 4.79 Å². The normalized spacial score (nSPS) is 16.5. The van der Waals surface area contributed by atoms with E-state index in [0.717, 1.165) is 29.8 Å². The molecule has 0 fully saturated rings. The van der Waals surface area contributed by atoms with Crippen LogP contribution in [0.2, 0.25) is 0 Å². The summed E-state index contributed by atoms with van der Waals surface area (Å²) in [7, 11) is 0. The van der Waals surface area contributed by atoms with Gasteiger partial charge in [0.2, 0.25) is 0 Å². The lowest BCUT2D eigenvalue weighted by atomic mass is 10.0. The van der Waals surface area contributed by atoms with Crippen molar-refractivity contribution in [3.05, 3.63) is 33.7 Å². The van der Waals surface area contributed by atoms with Gasteiger partial charge in [-0.3, -0.25) is 9.79 Å². The van der Waals surface area contributed by atoms with Crippen LogP contribution in [0.25, 0.3) is 0 Å². The summed E-state index contributed by atoms with van der Waals surface area (Å²) in [5.74, 6) is 0. The predicted molar refractivity (Wildman–Crippen MR) is 57.1 cm³/mol. The molecule has 0 unspecified atom stereocenters. The zero-order valence-electron chi connectivity index (χ0n) is 8.34. The quantitative estimate of drug-likeness (QED) is 0.719. The van der Waals surface area contributed by atoms with Crippen molar-refractivity contribution >= 4 is 5.71 Å². The van der Waals surface area contributed by atoms with Crippen LogP contribution in [0.5, 0.6) is 0 Å². The van der Waals surface area contributed by atoms with E-state index in [1.165, 1.54) is 12.8 Å². The van der Waals surface area contributed by atoms with Gasteiger partial charge in [0.05, 0.1) is 0 Å². The molecule has 14 heavy (non-hydrogen) atoms. The molecule has 3 nitrogen and oxygen atoms in total. The van der Waals surface area contributed by atoms with Crippen LogP contribution >= 0.6 is 0 Å². The highest BCUT2D eigenvalue weighted by atomic mass is 16.1. The van der Waals surface area contributed by atoms with Crippen molar-refractivity contribution in [2.75, 3.05) is 6.54 Å². The number of nitrogens with zero attached hydrogens (tertiary/aromatic N) is 1. The topological polar surface area (TPSA) is 45.2 Å². The molecule has 0 radical (unpaired) electrons. The first kappa shape index (κ1) is 9.19. The fraction of sp³-hybridized carbons (Fsp3) is 0.455. The van der Waals surface area contributed by atoms with Gasteiger partial charge in [-0.1, -0.05) is 0 Å². The molecule has 1 aromatic rings. The van der Waals surface area contributed by atoms with Crippen LogP contribution < -0.4 is 5.56 Å². The van der Waals surface area contributed by atoms with Gasteiger partial charge in [-0.25, -0.2) is 0 Å². The van der Waals surface area contributed by atoms with Crippen LogP contribution in [-0.2, 0) is 0 Å². The Hall–Kier alpha value is -1.38. The molecule has 0 amide bonds. The van der Waals surface area contributed by atoms with Crippen LogP contribution in [-0.4, -0.2) is 17.2 Å². The molecule has 0 saturated carbocycles. The minimum absolute atomic E-state index is 0.00911. The fourth-order valence-corrected chi connectivity index (χ4v) is 1.70. The van der Waals surface area contributed by atoms with Gasteiger partial charge in [0, 0.05) is 29.6 Å². The van der Waals surface area contributed by atoms with Crippen molar-refractivity contribution < 1.29 is 0 Å². The van der Waals surface area contributed by atoms with E-state index in [0.29, 0.717) is 0 Å². The summed E-state index contributed by atoms with van der Waals surface area (Å²) < 4.78 is 0. The lowest BCUT2D eigenvalue weighted by Gasteiger charge is -2.11. The lowest BCUT2D eigenvalue weighted by molar-refractivity contribution is 0.738. The maximum atomic E-state index is 11.2. The first-order valence-electron chi connectivity index (χ1n) is 5.00. The standard InChI is InChI=1S/C11H14N2O/c1-8-6-9(7-13-11(8)14)10-4-2-3-5-12-10/h6-7H,2-5H2,1H3,(H,13,14). The first-order chi connectivity index (χ1) is 6.77. The third-order valence-corrected chi connectivity index (χ3v) is 2.55. The summed E-state index contributed by atoms with van der Waals surface area (Å²) in [6.45, 7) is 2.75. The molecule has 1 aromatic heterocycles. The molecule has 0 saturated heterocycles. The average molecular weight is 190 g/mol. The molecule has 2 rings (SSSR count). The van der Waals surface area contributed by atoms with Crippen LogP contribution in [0.3, 0.4) is 0 Å². The smallest absolute Gasteiger partial charge is 0.250 e. The van der Waals surface area contributed by atoms with Crippen molar-refractivity contribution in [2.45, 2.75) is 26.2 Å². The maximum absolute atomic E-state index is 11.2. The summed E-state index contributed by atoms with van der Waals surface area (Å²) in [5.41, 5.74) is 2.96. The van der Waals surface area contributed by atoms with Crippen LogP contribution in [0.4, 0.5) is 0 Å². The highest BCUT2D eigenvalue weighted by Crippen LogP contribution is 2.12. The third kappa shape index (κ3) is 1.76. The van der Waals surface area contributed by atoms with Gasteiger partial charge in [0.1, 0.15) is 0 Å². The van der Waals surface area contributed by atoms with E-state index >= 15 is 0 Å². The second-order valence-corrected chi connectivity index (χ2v) is 3.69. The Bertz CT molecular complexity index is 418. The minimum atomic E-state index is -0.00911. The zero-order valence-corrected chi connectivity index (χ0v) is 8.34. The molecule has 1 aliphatic heterocycles. The van der Waals surface area contributed by atoms with E-state index in [4.69, 9.17) is 0 Å². The molecular formula is C11H14N2O. The first-order valence-corrected chi connectivity index (χ1v) is 5.00. The molecule has 3 heteroatoms. The van der Waals surface area contributed by atoms with E-state index in [2.05, 4.69) is 9.98 Å². The number of hydrogen-bond donors (Lipinski definition) is 1. The van der Waals surface area contributed by atoms with E-state index in [1.54, 1.807) is 6.20 Å². The Labute approximate surface area is 82.9 Å². The number of aromatic amines is 1. The van der Waals surface area contributed by atoms with Crippen molar-refractivity contribution in [1.82, 2.24) is 4.98 Å². The zero-order chi connectivity index (χ0) is 9.97. The Morgan fingerprint density at radius 3 is 2.93 bits per heavy atom. The SMILES string of the molecule is Cc1cc(C2=NCCCC2)c[nH]c1=O. The summed E-state index contributed by atoms with van der Waals surface area (Å²) in [6.07, 6.45) is 5.19. The van der Waals surface area contributed by atoms with Gasteiger partial charge in [0.15, 0.2) is 0 Å². The Morgan fingerprint density at radius 2 is 2.29 bits per heavy atom. The third-order valence-electron chi connectivity index (χ3n) is 2.55. The average Bonchev–Trinajstić information content (AvgIpc) is 2.23. The summed E-state index contributed by atoms with van der Waals surface area (Å²) in [5, 5.41) is 0. The monoisotopic (exact) mass is 190 g/mol. The molecule has 1 N–H and O–H groups in total. The number of aromatic nitrogens is 1. The number of hydrogen-bond acceptors (Lipinski definition) is 2. The Morgan fingerprint density at radius 1 is 1.43 bits per heavy atom. The minimum Gasteiger partial charge on any atom is -0.328 e. The van der Waals surface area contributed by atoms with Crippen molar-refractivity contribution in [3.63, 3.8) is 0 Å². The van der Waals surface area contributed by atoms with Gasteiger partial charge < -0.3 is 4.98 Å². The highest BCUT2D eigenvalue weighted by Gasteiger charge is 2.08. The summed E-state index contributed by atoms with van der Waals surface area (Å²) >= 11 is 0. The maximum Gasteiger partial charge on any atom is 0.250 e. The number of aliphatic imine (C=N–C) groups is 1. The molecule has 0 atom stereocenters. The highest BCUT2D eigenvalue weighted by molar-refractivity contribution is 6.00. The molecule has 0 aromatic carbocycles. The van der Waals surface area contributed by atoms with Crippen molar-refractivity contribution in [1.29, 1.82) is 0 Å². The number of rotatable bonds is 1.